The molecule has 0 saturated carbocycles. The number of aliphatic hydroxyl groups excluding tert-OH is 1. The number of alkyl halides is 1. The van der Waals surface area contributed by atoms with E-state index in [1.807, 2.05) is 0 Å². The molecule has 0 rings (SSSR count). The molecule has 1 atom stereocenters. The minimum absolute atomic E-state index is 0. The summed E-state index contributed by atoms with van der Waals surface area (Å²) >= 11 is 0. The minimum atomic E-state index is -1.67. The quantitative estimate of drug-likeness (QED) is 0.677. The summed E-state index contributed by atoms with van der Waals surface area (Å²) in [5, 5.41) is 7.39. The molecule has 5 heavy (non-hydrogen) atoms. The van der Waals surface area contributed by atoms with Crippen molar-refractivity contribution < 1.29 is 9.50 Å². The largest absolute Gasteiger partial charge is 0.364 e. The molecule has 28 valence electrons. The number of hydrogen-bond acceptors (Lipinski definition) is 1. The maximum absolute atomic E-state index is 10.6. The van der Waals surface area contributed by atoms with Crippen LogP contribution in [0.5, 0.6) is 0 Å². The zero-order chi connectivity index (χ0) is 3.58. The van der Waals surface area contributed by atoms with Gasteiger partial charge in [-0.15, -0.1) is 0 Å². The van der Waals surface area contributed by atoms with Gasteiger partial charge in [-0.2, -0.15) is 0 Å². The molecule has 0 aromatic heterocycles. The first-order valence-corrected chi connectivity index (χ1v) is 1.05. The molecule has 0 aliphatic carbocycles. The summed E-state index contributed by atoms with van der Waals surface area (Å²) in [6, 6.07) is 0. The Morgan fingerprint density at radius 3 is 1.80 bits per heavy atom. The first-order chi connectivity index (χ1) is 1.73. The Morgan fingerprint density at radius 2 is 1.80 bits per heavy atom. The van der Waals surface area contributed by atoms with Crippen molar-refractivity contribution in [3.8, 4) is 0 Å². The summed E-state index contributed by atoms with van der Waals surface area (Å²) in [6.45, 7) is 1.06. The zero-order valence-corrected chi connectivity index (χ0v) is 9.51. The van der Waals surface area contributed by atoms with E-state index in [4.69, 9.17) is 5.11 Å². The van der Waals surface area contributed by atoms with Gasteiger partial charge in [0.1, 0.15) is 0 Å². The van der Waals surface area contributed by atoms with E-state index in [2.05, 4.69) is 0 Å². The third kappa shape index (κ3) is 1.86. The van der Waals surface area contributed by atoms with E-state index in [0.717, 1.165) is 6.92 Å². The Hall–Kier alpha value is -1.11. The van der Waals surface area contributed by atoms with Crippen molar-refractivity contribution in [3.05, 3.63) is 0 Å². The summed E-state index contributed by atoms with van der Waals surface area (Å²) in [6.07, 6.45) is -1.67. The summed E-state index contributed by atoms with van der Waals surface area (Å²) in [5.41, 5.74) is 0. The molecular weight excluding hydrogens is 326 g/mol. The van der Waals surface area contributed by atoms with Crippen LogP contribution in [0.15, 0.2) is 0 Å². The molecule has 0 bridgehead atoms. The smallest absolute Gasteiger partial charge is 0.193 e. The molecule has 0 saturated heterocycles. The van der Waals surface area contributed by atoms with Crippen molar-refractivity contribution in [1.82, 2.24) is 0 Å². The van der Waals surface area contributed by atoms with E-state index in [-0.39, 0.29) is 0 Å². The van der Waals surface area contributed by atoms with E-state index in [0.29, 0.717) is 0 Å². The molecule has 1 nitrogen and oxygen atoms in total. The molecule has 0 aliphatic heterocycles. The van der Waals surface area contributed by atoms with Crippen molar-refractivity contribution in [2.45, 2.75) is 13.3 Å². The third-order valence-electron chi connectivity index (χ3n) is 0. The molecule has 0 aromatic rings. The molecule has 3 heteroatoms. The first kappa shape index (κ1) is 9.10. The van der Waals surface area contributed by atoms with Gasteiger partial charge in [-0.3, -0.25) is 0 Å². The van der Waals surface area contributed by atoms with Crippen LogP contribution in [0.25, 0.3) is 0 Å². The topological polar surface area (TPSA) is 20.2 Å². The first-order valence-electron chi connectivity index (χ1n) is 1.05. The van der Waals surface area contributed by atoms with Gasteiger partial charge in [-0.25, -0.2) is 4.39 Å². The van der Waals surface area contributed by atoms with Crippen LogP contribution in [0.1, 0.15) is 6.92 Å². The van der Waals surface area contributed by atoms with Gasteiger partial charge in [0.15, 0.2) is 6.36 Å². The molecular formula is C2H5FORf. The molecule has 0 aromatic carbocycles. The Balaban J connectivity index is 0. The standard InChI is InChI=1S/C2H5FO.Rf/c1-2(3)4;/h2,4H,1H3;. The Kier molecular flexibility index (Phi) is 5.26. The van der Waals surface area contributed by atoms with Crippen molar-refractivity contribution in [2.24, 2.45) is 0 Å². The van der Waals surface area contributed by atoms with Crippen LogP contribution < -0.4 is 0 Å². The van der Waals surface area contributed by atoms with Crippen LogP contribution in [0.2, 0.25) is 0 Å². The van der Waals surface area contributed by atoms with Gasteiger partial charge >= 0.3 is 0 Å². The second-order valence-corrected chi connectivity index (χ2v) is 0.574. The van der Waals surface area contributed by atoms with Crippen molar-refractivity contribution >= 4 is 0 Å². The van der Waals surface area contributed by atoms with Gasteiger partial charge in [-0.05, 0) is 6.92 Å². The van der Waals surface area contributed by atoms with E-state index in [1.54, 1.807) is 0 Å². The fourth-order valence-electron chi connectivity index (χ4n) is 0. The van der Waals surface area contributed by atoms with Gasteiger partial charge in [0.25, 0.3) is 0 Å². The molecule has 0 fully saturated rings. The normalized spacial score (nSPS) is 12.6. The SMILES string of the molecule is CC(O)F.[Rf]. The van der Waals surface area contributed by atoms with Crippen molar-refractivity contribution in [3.63, 3.8) is 0 Å². The van der Waals surface area contributed by atoms with Gasteiger partial charge in [0.05, 0.1) is 0 Å². The van der Waals surface area contributed by atoms with Gasteiger partial charge in [0, 0.05) is 0 Å². The van der Waals surface area contributed by atoms with E-state index < -0.39 is 6.36 Å². The maximum Gasteiger partial charge on any atom is 0.193 e. The van der Waals surface area contributed by atoms with E-state index in [1.165, 1.54) is 0 Å². The van der Waals surface area contributed by atoms with Crippen molar-refractivity contribution in [2.75, 3.05) is 0 Å². The molecule has 1 N–H and O–H groups in total. The fourth-order valence-corrected chi connectivity index (χ4v) is 0. The molecule has 1 unspecified atom stereocenters. The van der Waals surface area contributed by atoms with Gasteiger partial charge < -0.3 is 5.11 Å². The summed E-state index contributed by atoms with van der Waals surface area (Å²) in [5.74, 6) is 0. The average Bonchev–Trinajstić information content (AvgIpc) is 0.811. The van der Waals surface area contributed by atoms with Crippen LogP contribution in [0, 0.1) is 0 Å². The van der Waals surface area contributed by atoms with Gasteiger partial charge in [-0.1, -0.05) is 0 Å². The van der Waals surface area contributed by atoms with Crippen LogP contribution in [-0.2, 0) is 0 Å². The number of aliphatic hydroxyl groups is 1. The summed E-state index contributed by atoms with van der Waals surface area (Å²) in [4.78, 5) is 0. The van der Waals surface area contributed by atoms with Crippen LogP contribution in [-0.4, -0.2) is 11.5 Å². The van der Waals surface area contributed by atoms with Gasteiger partial charge in [0.2, 0.25) is 0 Å². The number of hydrogen-bond donors (Lipinski definition) is 1. The Labute approximate surface area is 24.1 Å². The number of halogens is 1. The molecule has 0 spiro atoms. The number of rotatable bonds is 0. The van der Waals surface area contributed by atoms with Crippen LogP contribution in [0.3, 0.4) is 0 Å². The summed E-state index contributed by atoms with van der Waals surface area (Å²) < 4.78 is 10.6. The van der Waals surface area contributed by atoms with E-state index >= 15 is 0 Å². The Morgan fingerprint density at radius 1 is 1.80 bits per heavy atom. The van der Waals surface area contributed by atoms with Crippen molar-refractivity contribution in [1.29, 1.82) is 0 Å². The summed E-state index contributed by atoms with van der Waals surface area (Å²) in [7, 11) is 0. The molecule has 0 radical (unpaired) electrons. The molecule has 0 amide bonds. The fraction of sp³-hybridized carbons (Fsp3) is 1.00. The van der Waals surface area contributed by atoms with Crippen LogP contribution >= 0.6 is 0 Å². The minimum Gasteiger partial charge on any atom is -0.364 e. The second-order valence-electron chi connectivity index (χ2n) is 0.574. The zero-order valence-electron chi connectivity index (χ0n) is 3.11. The molecule has 0 aliphatic rings. The third-order valence-corrected chi connectivity index (χ3v) is 0. The average molecular weight is 331 g/mol. The maximum atomic E-state index is 10.6. The second kappa shape index (κ2) is 2.89. The predicted octanol–water partition coefficient (Wildman–Crippen LogP) is 0.294. The van der Waals surface area contributed by atoms with Crippen LogP contribution in [0.4, 0.5) is 4.39 Å². The van der Waals surface area contributed by atoms with E-state index in [9.17, 15) is 4.39 Å². The predicted molar refractivity (Wildman–Crippen MR) is 12.8 cm³/mol. The molecule has 0 heterocycles. The monoisotopic (exact) mass is 331 g/mol. The Bertz CT molecular complexity index is 14.4.